The van der Waals surface area contributed by atoms with Crippen molar-refractivity contribution in [2.24, 2.45) is 5.73 Å². The fourth-order valence-corrected chi connectivity index (χ4v) is 1.96. The van der Waals surface area contributed by atoms with E-state index in [-0.39, 0.29) is 6.04 Å². The predicted molar refractivity (Wildman–Crippen MR) is 72.0 cm³/mol. The molecule has 0 aliphatic heterocycles. The average molecular weight is 247 g/mol. The highest BCUT2D eigenvalue weighted by Gasteiger charge is 2.06. The third-order valence-corrected chi connectivity index (χ3v) is 3.01. The van der Waals surface area contributed by atoms with Gasteiger partial charge in [0.1, 0.15) is 0 Å². The number of hydrogen-bond acceptors (Lipinski definition) is 2. The summed E-state index contributed by atoms with van der Waals surface area (Å²) in [6, 6.07) is 11.7. The molecule has 17 heavy (non-hydrogen) atoms. The molecule has 0 radical (unpaired) electrons. The first-order valence-electron chi connectivity index (χ1n) is 5.57. The van der Waals surface area contributed by atoms with Gasteiger partial charge in [0, 0.05) is 22.3 Å². The van der Waals surface area contributed by atoms with Gasteiger partial charge in [0.2, 0.25) is 0 Å². The molecular formula is C14H15ClN2. The van der Waals surface area contributed by atoms with Crippen molar-refractivity contribution < 1.29 is 0 Å². The third kappa shape index (κ3) is 2.65. The number of rotatable bonds is 2. The van der Waals surface area contributed by atoms with Gasteiger partial charge in [-0.15, -0.1) is 0 Å². The lowest BCUT2D eigenvalue weighted by Crippen LogP contribution is -2.08. The van der Waals surface area contributed by atoms with E-state index in [4.69, 9.17) is 17.3 Å². The highest BCUT2D eigenvalue weighted by atomic mass is 35.5. The van der Waals surface area contributed by atoms with Crippen LogP contribution in [0.1, 0.15) is 24.2 Å². The van der Waals surface area contributed by atoms with Gasteiger partial charge >= 0.3 is 0 Å². The molecule has 0 aliphatic rings. The van der Waals surface area contributed by atoms with E-state index in [9.17, 15) is 0 Å². The zero-order chi connectivity index (χ0) is 12.4. The lowest BCUT2D eigenvalue weighted by Gasteiger charge is -2.10. The summed E-state index contributed by atoms with van der Waals surface area (Å²) in [5.41, 5.74) is 9.94. The highest BCUT2D eigenvalue weighted by Crippen LogP contribution is 2.22. The Morgan fingerprint density at radius 2 is 1.76 bits per heavy atom. The Balaban J connectivity index is 2.41. The first-order chi connectivity index (χ1) is 8.08. The molecule has 0 saturated heterocycles. The summed E-state index contributed by atoms with van der Waals surface area (Å²) in [5.74, 6) is 0. The third-order valence-electron chi connectivity index (χ3n) is 2.76. The highest BCUT2D eigenvalue weighted by molar-refractivity contribution is 6.30. The molecule has 0 amide bonds. The Morgan fingerprint density at radius 3 is 2.29 bits per heavy atom. The Bertz CT molecular complexity index is 518. The van der Waals surface area contributed by atoms with Gasteiger partial charge in [-0.25, -0.2) is 0 Å². The van der Waals surface area contributed by atoms with Crippen molar-refractivity contribution >= 4 is 11.6 Å². The SMILES string of the molecule is Cc1nc(-c2ccc(Cl)cc2)ccc1[C@@H](C)N. The van der Waals surface area contributed by atoms with Gasteiger partial charge in [-0.1, -0.05) is 29.8 Å². The smallest absolute Gasteiger partial charge is 0.0705 e. The largest absolute Gasteiger partial charge is 0.324 e. The lowest BCUT2D eigenvalue weighted by molar-refractivity contribution is 0.800. The van der Waals surface area contributed by atoms with Crippen LogP contribution in [0.2, 0.25) is 5.02 Å². The molecule has 1 aromatic heterocycles. The molecule has 2 nitrogen and oxygen atoms in total. The molecule has 0 unspecified atom stereocenters. The van der Waals surface area contributed by atoms with Crippen molar-refractivity contribution in [1.82, 2.24) is 4.98 Å². The second kappa shape index (κ2) is 4.86. The molecule has 1 aromatic carbocycles. The first-order valence-corrected chi connectivity index (χ1v) is 5.95. The summed E-state index contributed by atoms with van der Waals surface area (Å²) in [7, 11) is 0. The summed E-state index contributed by atoms with van der Waals surface area (Å²) in [6.45, 7) is 3.95. The number of hydrogen-bond donors (Lipinski definition) is 1. The molecule has 0 spiro atoms. The van der Waals surface area contributed by atoms with Gasteiger partial charge in [-0.2, -0.15) is 0 Å². The fraction of sp³-hybridized carbons (Fsp3) is 0.214. The topological polar surface area (TPSA) is 38.9 Å². The van der Waals surface area contributed by atoms with Crippen LogP contribution < -0.4 is 5.73 Å². The zero-order valence-electron chi connectivity index (χ0n) is 9.94. The Morgan fingerprint density at radius 1 is 1.12 bits per heavy atom. The number of nitrogens with two attached hydrogens (primary N) is 1. The maximum absolute atomic E-state index is 5.87. The van der Waals surface area contributed by atoms with Crippen molar-refractivity contribution in [3.63, 3.8) is 0 Å². The minimum absolute atomic E-state index is 0.0155. The fourth-order valence-electron chi connectivity index (χ4n) is 1.83. The van der Waals surface area contributed by atoms with Crippen LogP contribution in [0, 0.1) is 6.92 Å². The maximum Gasteiger partial charge on any atom is 0.0705 e. The van der Waals surface area contributed by atoms with Gasteiger partial charge in [-0.05, 0) is 37.6 Å². The van der Waals surface area contributed by atoms with E-state index in [1.165, 1.54) is 0 Å². The first kappa shape index (κ1) is 12.1. The van der Waals surface area contributed by atoms with Crippen molar-refractivity contribution in [1.29, 1.82) is 0 Å². The quantitative estimate of drug-likeness (QED) is 0.877. The van der Waals surface area contributed by atoms with Crippen molar-refractivity contribution in [2.45, 2.75) is 19.9 Å². The average Bonchev–Trinajstić information content (AvgIpc) is 2.29. The summed E-state index contributed by atoms with van der Waals surface area (Å²) < 4.78 is 0. The van der Waals surface area contributed by atoms with Crippen LogP contribution in [0.3, 0.4) is 0 Å². The summed E-state index contributed by atoms with van der Waals surface area (Å²) in [5, 5.41) is 0.734. The molecule has 2 rings (SSSR count). The van der Waals surface area contributed by atoms with Crippen molar-refractivity contribution in [3.8, 4) is 11.3 Å². The van der Waals surface area contributed by atoms with E-state index in [0.29, 0.717) is 0 Å². The van der Waals surface area contributed by atoms with E-state index in [0.717, 1.165) is 27.5 Å². The number of pyridine rings is 1. The lowest BCUT2D eigenvalue weighted by atomic mass is 10.1. The molecule has 2 N–H and O–H groups in total. The summed E-state index contributed by atoms with van der Waals surface area (Å²) in [6.07, 6.45) is 0. The van der Waals surface area contributed by atoms with Crippen molar-refractivity contribution in [2.75, 3.05) is 0 Å². The van der Waals surface area contributed by atoms with Gasteiger partial charge in [-0.3, -0.25) is 4.98 Å². The van der Waals surface area contributed by atoms with E-state index >= 15 is 0 Å². The van der Waals surface area contributed by atoms with E-state index in [1.54, 1.807) is 0 Å². The van der Waals surface area contributed by atoms with Crippen LogP contribution in [0.25, 0.3) is 11.3 Å². The molecule has 88 valence electrons. The predicted octanol–water partition coefficient (Wildman–Crippen LogP) is 3.73. The number of nitrogens with zero attached hydrogens (tertiary/aromatic N) is 1. The molecule has 1 heterocycles. The maximum atomic E-state index is 5.87. The normalized spacial score (nSPS) is 12.5. The van der Waals surface area contributed by atoms with Crippen LogP contribution in [0.5, 0.6) is 0 Å². The van der Waals surface area contributed by atoms with Crippen LogP contribution in [0.4, 0.5) is 0 Å². The molecule has 0 aliphatic carbocycles. The summed E-state index contributed by atoms with van der Waals surface area (Å²) in [4.78, 5) is 4.57. The van der Waals surface area contributed by atoms with E-state index in [2.05, 4.69) is 4.98 Å². The second-order valence-corrected chi connectivity index (χ2v) is 4.60. The van der Waals surface area contributed by atoms with Gasteiger partial charge < -0.3 is 5.73 Å². The molecule has 0 saturated carbocycles. The Labute approximate surface area is 106 Å². The molecule has 0 bridgehead atoms. The van der Waals surface area contributed by atoms with E-state index < -0.39 is 0 Å². The molecule has 0 fully saturated rings. The molecule has 1 atom stereocenters. The number of aromatic nitrogens is 1. The van der Waals surface area contributed by atoms with Crippen molar-refractivity contribution in [3.05, 3.63) is 52.7 Å². The number of halogens is 1. The van der Waals surface area contributed by atoms with E-state index in [1.807, 2.05) is 50.2 Å². The number of aryl methyl sites for hydroxylation is 1. The van der Waals surface area contributed by atoms with Crippen LogP contribution >= 0.6 is 11.6 Å². The van der Waals surface area contributed by atoms with Crippen LogP contribution in [-0.4, -0.2) is 4.98 Å². The van der Waals surface area contributed by atoms with Gasteiger partial charge in [0.05, 0.1) is 5.69 Å². The van der Waals surface area contributed by atoms with Gasteiger partial charge in [0.15, 0.2) is 0 Å². The van der Waals surface area contributed by atoms with Gasteiger partial charge in [0.25, 0.3) is 0 Å². The second-order valence-electron chi connectivity index (χ2n) is 4.17. The number of benzene rings is 1. The van der Waals surface area contributed by atoms with Crippen LogP contribution in [0.15, 0.2) is 36.4 Å². The standard InChI is InChI=1S/C14H15ClN2/c1-9(16)13-7-8-14(17-10(13)2)11-3-5-12(15)6-4-11/h3-9H,16H2,1-2H3/t9-/m1/s1. The Kier molecular flexibility index (Phi) is 3.46. The van der Waals surface area contributed by atoms with Crippen LogP contribution in [-0.2, 0) is 0 Å². The molecule has 2 aromatic rings. The molecular weight excluding hydrogens is 232 g/mol. The summed E-state index contributed by atoms with van der Waals surface area (Å²) >= 11 is 5.86. The zero-order valence-corrected chi connectivity index (χ0v) is 10.7. The monoisotopic (exact) mass is 246 g/mol. The Hall–Kier alpha value is -1.38. The molecule has 3 heteroatoms. The minimum Gasteiger partial charge on any atom is -0.324 e. The minimum atomic E-state index is 0.0155.